The van der Waals surface area contributed by atoms with Crippen LogP contribution in [0, 0.1) is 5.82 Å². The Bertz CT molecular complexity index is 832. The molecule has 0 aliphatic carbocycles. The zero-order valence-corrected chi connectivity index (χ0v) is 16.0. The SMILES string of the molecule is O=C(COc1ccccc1F)N1CCCN(C(=O)Nc2ccc(Cl)cc2)CC1. The lowest BCUT2D eigenvalue weighted by atomic mass is 10.3. The van der Waals surface area contributed by atoms with E-state index in [1.165, 1.54) is 12.1 Å². The summed E-state index contributed by atoms with van der Waals surface area (Å²) in [6, 6.07) is 12.6. The van der Waals surface area contributed by atoms with Crippen LogP contribution >= 0.6 is 11.6 Å². The predicted octanol–water partition coefficient (Wildman–Crippen LogP) is 3.62. The maximum atomic E-state index is 13.6. The Morgan fingerprint density at radius 3 is 2.43 bits per heavy atom. The van der Waals surface area contributed by atoms with Crippen molar-refractivity contribution < 1.29 is 18.7 Å². The molecule has 148 valence electrons. The topological polar surface area (TPSA) is 61.9 Å². The molecular weight excluding hydrogens is 385 g/mol. The molecule has 1 fully saturated rings. The van der Waals surface area contributed by atoms with Crippen molar-refractivity contribution in [3.05, 3.63) is 59.4 Å². The molecule has 6 nitrogen and oxygen atoms in total. The van der Waals surface area contributed by atoms with Crippen molar-refractivity contribution in [2.24, 2.45) is 0 Å². The van der Waals surface area contributed by atoms with Gasteiger partial charge in [0.25, 0.3) is 5.91 Å². The molecule has 8 heteroatoms. The van der Waals surface area contributed by atoms with Crippen LogP contribution in [0.3, 0.4) is 0 Å². The summed E-state index contributed by atoms with van der Waals surface area (Å²) >= 11 is 5.85. The second-order valence-electron chi connectivity index (χ2n) is 6.38. The van der Waals surface area contributed by atoms with Gasteiger partial charge in [-0.05, 0) is 42.8 Å². The van der Waals surface area contributed by atoms with E-state index in [0.29, 0.717) is 43.3 Å². The fraction of sp³-hybridized carbons (Fsp3) is 0.300. The molecule has 0 aromatic heterocycles. The number of nitrogens with zero attached hydrogens (tertiary/aromatic N) is 2. The van der Waals surface area contributed by atoms with Crippen molar-refractivity contribution in [3.8, 4) is 5.75 Å². The van der Waals surface area contributed by atoms with Gasteiger partial charge in [0.05, 0.1) is 0 Å². The molecule has 0 saturated carbocycles. The summed E-state index contributed by atoms with van der Waals surface area (Å²) in [4.78, 5) is 28.1. The number of hydrogen-bond donors (Lipinski definition) is 1. The molecule has 28 heavy (non-hydrogen) atoms. The monoisotopic (exact) mass is 405 g/mol. The molecule has 2 aromatic carbocycles. The van der Waals surface area contributed by atoms with Crippen molar-refractivity contribution in [3.63, 3.8) is 0 Å². The van der Waals surface area contributed by atoms with E-state index in [-0.39, 0.29) is 24.3 Å². The number of anilines is 1. The first-order chi connectivity index (χ1) is 13.5. The van der Waals surface area contributed by atoms with Crippen LogP contribution in [0.1, 0.15) is 6.42 Å². The molecule has 3 rings (SSSR count). The Hall–Kier alpha value is -2.80. The average molecular weight is 406 g/mol. The van der Waals surface area contributed by atoms with E-state index in [1.54, 1.807) is 46.2 Å². The van der Waals surface area contributed by atoms with Crippen molar-refractivity contribution in [1.82, 2.24) is 9.80 Å². The summed E-state index contributed by atoms with van der Waals surface area (Å²) in [5.74, 6) is -0.686. The van der Waals surface area contributed by atoms with E-state index in [2.05, 4.69) is 5.32 Å². The molecule has 1 aliphatic rings. The zero-order valence-electron chi connectivity index (χ0n) is 15.2. The van der Waals surface area contributed by atoms with Crippen molar-refractivity contribution in [2.45, 2.75) is 6.42 Å². The number of carbonyl (C=O) groups is 2. The van der Waals surface area contributed by atoms with Gasteiger partial charge in [-0.15, -0.1) is 0 Å². The van der Waals surface area contributed by atoms with Crippen LogP contribution in [0.4, 0.5) is 14.9 Å². The van der Waals surface area contributed by atoms with E-state index in [1.807, 2.05) is 0 Å². The number of carbonyl (C=O) groups excluding carboxylic acids is 2. The number of nitrogens with one attached hydrogen (secondary N) is 1. The number of benzene rings is 2. The van der Waals surface area contributed by atoms with E-state index in [0.717, 1.165) is 0 Å². The smallest absolute Gasteiger partial charge is 0.321 e. The van der Waals surface area contributed by atoms with Gasteiger partial charge in [-0.2, -0.15) is 0 Å². The lowest BCUT2D eigenvalue weighted by Crippen LogP contribution is -2.40. The molecule has 1 N–H and O–H groups in total. The van der Waals surface area contributed by atoms with E-state index in [9.17, 15) is 14.0 Å². The molecule has 1 saturated heterocycles. The lowest BCUT2D eigenvalue weighted by Gasteiger charge is -2.22. The van der Waals surface area contributed by atoms with E-state index in [4.69, 9.17) is 16.3 Å². The third kappa shape index (κ3) is 5.36. The Kier molecular flexibility index (Phi) is 6.71. The highest BCUT2D eigenvalue weighted by molar-refractivity contribution is 6.30. The maximum absolute atomic E-state index is 13.6. The van der Waals surface area contributed by atoms with Crippen LogP contribution in [-0.4, -0.2) is 54.5 Å². The number of para-hydroxylation sites is 1. The minimum Gasteiger partial charge on any atom is -0.481 e. The summed E-state index contributed by atoms with van der Waals surface area (Å²) in [7, 11) is 0. The Labute approximate surface area is 167 Å². The fourth-order valence-corrected chi connectivity index (χ4v) is 3.02. The predicted molar refractivity (Wildman–Crippen MR) is 105 cm³/mol. The minimum absolute atomic E-state index is 0.0506. The molecule has 1 heterocycles. The van der Waals surface area contributed by atoms with Gasteiger partial charge in [0.15, 0.2) is 18.2 Å². The number of halogens is 2. The lowest BCUT2D eigenvalue weighted by molar-refractivity contribution is -0.133. The molecule has 0 spiro atoms. The standard InChI is InChI=1S/C20H21ClFN3O3/c21-15-6-8-16(9-7-15)23-20(27)25-11-3-10-24(12-13-25)19(26)14-28-18-5-2-1-4-17(18)22/h1-2,4-9H,3,10-14H2,(H,23,27). The summed E-state index contributed by atoms with van der Waals surface area (Å²) in [6.07, 6.45) is 0.652. The van der Waals surface area contributed by atoms with Crippen molar-refractivity contribution >= 4 is 29.2 Å². The quantitative estimate of drug-likeness (QED) is 0.845. The van der Waals surface area contributed by atoms with Crippen LogP contribution < -0.4 is 10.1 Å². The number of hydrogen-bond acceptors (Lipinski definition) is 3. The molecule has 1 aliphatic heterocycles. The first-order valence-corrected chi connectivity index (χ1v) is 9.37. The Morgan fingerprint density at radius 2 is 1.68 bits per heavy atom. The minimum atomic E-state index is -0.504. The number of ether oxygens (including phenoxy) is 1. The van der Waals surface area contributed by atoms with E-state index < -0.39 is 5.82 Å². The van der Waals surface area contributed by atoms with Crippen molar-refractivity contribution in [1.29, 1.82) is 0 Å². The maximum Gasteiger partial charge on any atom is 0.321 e. The Balaban J connectivity index is 1.49. The Morgan fingerprint density at radius 1 is 1.00 bits per heavy atom. The van der Waals surface area contributed by atoms with Crippen LogP contribution in [0.5, 0.6) is 5.75 Å². The summed E-state index contributed by atoms with van der Waals surface area (Å²) in [5.41, 5.74) is 0.657. The fourth-order valence-electron chi connectivity index (χ4n) is 2.90. The van der Waals surface area contributed by atoms with Gasteiger partial charge in [-0.3, -0.25) is 4.79 Å². The average Bonchev–Trinajstić information content (AvgIpc) is 2.95. The number of rotatable bonds is 4. The second-order valence-corrected chi connectivity index (χ2v) is 6.81. The second kappa shape index (κ2) is 9.41. The number of urea groups is 1. The first kappa shape index (κ1) is 19.9. The molecular formula is C20H21ClFN3O3. The molecule has 0 bridgehead atoms. The third-order valence-electron chi connectivity index (χ3n) is 4.42. The third-order valence-corrected chi connectivity index (χ3v) is 4.67. The largest absolute Gasteiger partial charge is 0.481 e. The summed E-state index contributed by atoms with van der Waals surface area (Å²) in [6.45, 7) is 1.62. The summed E-state index contributed by atoms with van der Waals surface area (Å²) < 4.78 is 18.9. The highest BCUT2D eigenvalue weighted by Crippen LogP contribution is 2.16. The molecule has 0 atom stereocenters. The van der Waals surface area contributed by atoms with Gasteiger partial charge in [0.1, 0.15) is 0 Å². The number of amides is 3. The van der Waals surface area contributed by atoms with Crippen LogP contribution in [0.25, 0.3) is 0 Å². The molecule has 2 aromatic rings. The molecule has 0 unspecified atom stereocenters. The van der Waals surface area contributed by atoms with Gasteiger partial charge in [0, 0.05) is 36.9 Å². The normalized spacial score (nSPS) is 14.4. The summed E-state index contributed by atoms with van der Waals surface area (Å²) in [5, 5.41) is 3.42. The van der Waals surface area contributed by atoms with Gasteiger partial charge >= 0.3 is 6.03 Å². The van der Waals surface area contributed by atoms with Gasteiger partial charge in [-0.1, -0.05) is 23.7 Å². The zero-order chi connectivity index (χ0) is 19.9. The first-order valence-electron chi connectivity index (χ1n) is 8.99. The van der Waals surface area contributed by atoms with Gasteiger partial charge < -0.3 is 19.9 Å². The molecule has 3 amide bonds. The highest BCUT2D eigenvalue weighted by atomic mass is 35.5. The van der Waals surface area contributed by atoms with Crippen LogP contribution in [0.2, 0.25) is 5.02 Å². The van der Waals surface area contributed by atoms with Crippen molar-refractivity contribution in [2.75, 3.05) is 38.1 Å². The molecule has 0 radical (unpaired) electrons. The highest BCUT2D eigenvalue weighted by Gasteiger charge is 2.22. The van der Waals surface area contributed by atoms with Crippen LogP contribution in [0.15, 0.2) is 48.5 Å². The van der Waals surface area contributed by atoms with Crippen LogP contribution in [-0.2, 0) is 4.79 Å². The van der Waals surface area contributed by atoms with Gasteiger partial charge in [-0.25, -0.2) is 9.18 Å². The van der Waals surface area contributed by atoms with E-state index >= 15 is 0 Å². The van der Waals surface area contributed by atoms with Gasteiger partial charge in [0.2, 0.25) is 0 Å².